The average Bonchev–Trinajstić information content (AvgIpc) is 2.49. The van der Waals surface area contributed by atoms with Crippen LogP contribution in [0, 0.1) is 20.2 Å². The molecule has 0 saturated heterocycles. The maximum Gasteiger partial charge on any atom is 0.519 e. The molecule has 0 aliphatic rings. The van der Waals surface area contributed by atoms with E-state index in [-0.39, 0.29) is 5.75 Å². The smallest absolute Gasteiger partial charge is 0.395 e. The van der Waals surface area contributed by atoms with E-state index >= 15 is 0 Å². The summed E-state index contributed by atoms with van der Waals surface area (Å²) < 4.78 is 9.53. The molecule has 0 radical (unpaired) electrons. The molecule has 9 nitrogen and oxygen atoms in total. The first-order chi connectivity index (χ1) is 10.9. The van der Waals surface area contributed by atoms with Crippen LogP contribution < -0.4 is 9.47 Å². The van der Waals surface area contributed by atoms with Crippen LogP contribution in [0.4, 0.5) is 16.2 Å². The number of nitro benzene ring substituents is 2. The standard InChI is InChI=1S/C13H7ClN2O7/c14-8-1-4-10(5-2-8)22-13(17)23-12-6-3-9(15(18)19)7-11(12)16(20)21/h1-7H. The number of carbonyl (C=O) groups is 1. The van der Waals surface area contributed by atoms with Gasteiger partial charge in [-0.1, -0.05) is 11.6 Å². The molecule has 0 aliphatic heterocycles. The largest absolute Gasteiger partial charge is 0.519 e. The van der Waals surface area contributed by atoms with Gasteiger partial charge in [-0.15, -0.1) is 0 Å². The molecular weight excluding hydrogens is 332 g/mol. The maximum absolute atomic E-state index is 11.6. The molecule has 0 unspecified atom stereocenters. The van der Waals surface area contributed by atoms with Crippen molar-refractivity contribution in [3.8, 4) is 11.5 Å². The van der Waals surface area contributed by atoms with Crippen molar-refractivity contribution in [1.29, 1.82) is 0 Å². The van der Waals surface area contributed by atoms with Crippen LogP contribution in [0.2, 0.25) is 5.02 Å². The molecule has 0 heterocycles. The molecule has 0 atom stereocenters. The Morgan fingerprint density at radius 2 is 1.61 bits per heavy atom. The van der Waals surface area contributed by atoms with Gasteiger partial charge in [-0.3, -0.25) is 20.2 Å². The lowest BCUT2D eigenvalue weighted by molar-refractivity contribution is -0.394. The van der Waals surface area contributed by atoms with E-state index < -0.39 is 33.1 Å². The minimum absolute atomic E-state index is 0.115. The number of hydrogen-bond donors (Lipinski definition) is 0. The SMILES string of the molecule is O=C(Oc1ccc(Cl)cc1)Oc1ccc([N+](=O)[O-])cc1[N+](=O)[O-]. The predicted octanol–water partition coefficient (Wildman–Crippen LogP) is 3.73. The molecule has 0 saturated carbocycles. The lowest BCUT2D eigenvalue weighted by Crippen LogP contribution is -2.14. The zero-order valence-corrected chi connectivity index (χ0v) is 11.9. The Balaban J connectivity index is 2.18. The fourth-order valence-electron chi connectivity index (χ4n) is 1.56. The summed E-state index contributed by atoms with van der Waals surface area (Å²) in [6.45, 7) is 0. The first-order valence-corrected chi connectivity index (χ1v) is 6.32. The van der Waals surface area contributed by atoms with Crippen LogP contribution in [-0.2, 0) is 0 Å². The molecule has 118 valence electrons. The Labute approximate surface area is 133 Å². The van der Waals surface area contributed by atoms with Gasteiger partial charge in [0.05, 0.1) is 15.9 Å². The van der Waals surface area contributed by atoms with Crippen molar-refractivity contribution in [2.75, 3.05) is 0 Å². The van der Waals surface area contributed by atoms with Crippen molar-refractivity contribution >= 4 is 29.1 Å². The third kappa shape index (κ3) is 4.14. The van der Waals surface area contributed by atoms with E-state index in [1.54, 1.807) is 0 Å². The van der Waals surface area contributed by atoms with Crippen molar-refractivity contribution < 1.29 is 24.1 Å². The molecule has 2 rings (SSSR count). The van der Waals surface area contributed by atoms with Crippen molar-refractivity contribution in [1.82, 2.24) is 0 Å². The van der Waals surface area contributed by atoms with Gasteiger partial charge in [0.15, 0.2) is 0 Å². The van der Waals surface area contributed by atoms with E-state index in [2.05, 4.69) is 0 Å². The zero-order valence-electron chi connectivity index (χ0n) is 11.2. The zero-order chi connectivity index (χ0) is 17.0. The Morgan fingerprint density at radius 3 is 2.17 bits per heavy atom. The number of ether oxygens (including phenoxy) is 2. The summed E-state index contributed by atoms with van der Waals surface area (Å²) in [5.41, 5.74) is -1.23. The van der Waals surface area contributed by atoms with Gasteiger partial charge in [-0.2, -0.15) is 0 Å². The van der Waals surface area contributed by atoms with Crippen LogP contribution in [0.5, 0.6) is 11.5 Å². The van der Waals surface area contributed by atoms with Crippen LogP contribution in [0.1, 0.15) is 0 Å². The van der Waals surface area contributed by atoms with E-state index in [9.17, 15) is 25.0 Å². The second-order valence-corrected chi connectivity index (χ2v) is 4.51. The highest BCUT2D eigenvalue weighted by molar-refractivity contribution is 6.30. The first kappa shape index (κ1) is 16.2. The predicted molar refractivity (Wildman–Crippen MR) is 77.9 cm³/mol. The van der Waals surface area contributed by atoms with Crippen LogP contribution in [-0.4, -0.2) is 16.0 Å². The number of non-ortho nitro benzene ring substituents is 1. The lowest BCUT2D eigenvalue weighted by atomic mass is 10.2. The van der Waals surface area contributed by atoms with E-state index in [0.717, 1.165) is 12.1 Å². The van der Waals surface area contributed by atoms with Gasteiger partial charge < -0.3 is 9.47 Å². The van der Waals surface area contributed by atoms with Gasteiger partial charge in [0, 0.05) is 11.1 Å². The topological polar surface area (TPSA) is 122 Å². The number of hydrogen-bond acceptors (Lipinski definition) is 7. The molecule has 2 aromatic rings. The van der Waals surface area contributed by atoms with E-state index in [0.29, 0.717) is 11.1 Å². The molecule has 10 heteroatoms. The summed E-state index contributed by atoms with van der Waals surface area (Å²) in [4.78, 5) is 31.4. The third-order valence-corrected chi connectivity index (χ3v) is 2.81. The summed E-state index contributed by atoms with van der Waals surface area (Å²) in [6, 6.07) is 8.33. The van der Waals surface area contributed by atoms with Crippen LogP contribution in [0.3, 0.4) is 0 Å². The quantitative estimate of drug-likeness (QED) is 0.360. The van der Waals surface area contributed by atoms with Crippen molar-refractivity contribution in [3.05, 3.63) is 67.7 Å². The summed E-state index contributed by atoms with van der Waals surface area (Å²) in [5.74, 6) is -0.358. The van der Waals surface area contributed by atoms with Crippen molar-refractivity contribution in [2.24, 2.45) is 0 Å². The van der Waals surface area contributed by atoms with Gasteiger partial charge in [-0.25, -0.2) is 4.79 Å². The van der Waals surface area contributed by atoms with Gasteiger partial charge in [0.2, 0.25) is 5.75 Å². The summed E-state index contributed by atoms with van der Waals surface area (Å²) in [7, 11) is 0. The third-order valence-electron chi connectivity index (χ3n) is 2.56. The number of halogens is 1. The summed E-state index contributed by atoms with van der Waals surface area (Å²) >= 11 is 5.67. The highest BCUT2D eigenvalue weighted by atomic mass is 35.5. The minimum atomic E-state index is -1.23. The van der Waals surface area contributed by atoms with Gasteiger partial charge >= 0.3 is 11.8 Å². The number of benzene rings is 2. The van der Waals surface area contributed by atoms with Crippen molar-refractivity contribution in [2.45, 2.75) is 0 Å². The Morgan fingerprint density at radius 1 is 0.957 bits per heavy atom. The van der Waals surface area contributed by atoms with Gasteiger partial charge in [0.25, 0.3) is 5.69 Å². The molecule has 0 N–H and O–H groups in total. The summed E-state index contributed by atoms with van der Waals surface area (Å²) in [6.07, 6.45) is -1.23. The molecule has 0 aliphatic carbocycles. The fraction of sp³-hybridized carbons (Fsp3) is 0. The monoisotopic (exact) mass is 338 g/mol. The highest BCUT2D eigenvalue weighted by Crippen LogP contribution is 2.31. The molecule has 0 fully saturated rings. The lowest BCUT2D eigenvalue weighted by Gasteiger charge is -2.06. The van der Waals surface area contributed by atoms with Crippen molar-refractivity contribution in [3.63, 3.8) is 0 Å². The van der Waals surface area contributed by atoms with Crippen LogP contribution in [0.25, 0.3) is 0 Å². The molecule has 0 aromatic heterocycles. The van der Waals surface area contributed by atoms with Gasteiger partial charge in [-0.05, 0) is 30.3 Å². The number of rotatable bonds is 4. The van der Waals surface area contributed by atoms with Crippen LogP contribution >= 0.6 is 11.6 Å². The summed E-state index contributed by atoms with van der Waals surface area (Å²) in [5, 5.41) is 22.0. The molecule has 23 heavy (non-hydrogen) atoms. The highest BCUT2D eigenvalue weighted by Gasteiger charge is 2.23. The van der Waals surface area contributed by atoms with E-state index in [1.807, 2.05) is 0 Å². The number of carbonyl (C=O) groups excluding carboxylic acids is 1. The second kappa shape index (κ2) is 6.71. The fourth-order valence-corrected chi connectivity index (χ4v) is 1.68. The van der Waals surface area contributed by atoms with E-state index in [1.165, 1.54) is 24.3 Å². The van der Waals surface area contributed by atoms with Crippen LogP contribution in [0.15, 0.2) is 42.5 Å². The molecule has 0 amide bonds. The minimum Gasteiger partial charge on any atom is -0.395 e. The molecule has 2 aromatic carbocycles. The molecule has 0 spiro atoms. The second-order valence-electron chi connectivity index (χ2n) is 4.07. The Kier molecular flexibility index (Phi) is 4.72. The Hall–Kier alpha value is -3.20. The normalized spacial score (nSPS) is 9.96. The molecular formula is C13H7ClN2O7. The number of nitro groups is 2. The maximum atomic E-state index is 11.6. The Bertz CT molecular complexity index is 776. The van der Waals surface area contributed by atoms with Gasteiger partial charge in [0.1, 0.15) is 5.75 Å². The molecule has 0 bridgehead atoms. The first-order valence-electron chi connectivity index (χ1n) is 5.95. The average molecular weight is 339 g/mol. The van der Waals surface area contributed by atoms with E-state index in [4.69, 9.17) is 21.1 Å². The number of nitrogens with zero attached hydrogens (tertiary/aromatic N) is 2.